The van der Waals surface area contributed by atoms with Gasteiger partial charge >= 0.3 is 6.09 Å². The second kappa shape index (κ2) is 5.39. The summed E-state index contributed by atoms with van der Waals surface area (Å²) in [7, 11) is 0. The summed E-state index contributed by atoms with van der Waals surface area (Å²) < 4.78 is 5.08. The van der Waals surface area contributed by atoms with Crippen LogP contribution in [0.5, 0.6) is 0 Å². The number of rotatable bonds is 1. The highest BCUT2D eigenvalue weighted by Gasteiger charge is 2.24. The van der Waals surface area contributed by atoms with E-state index in [0.29, 0.717) is 6.54 Å². The molecular formula is C12H17NO2. The van der Waals surface area contributed by atoms with Gasteiger partial charge in [-0.05, 0) is 18.1 Å². The Morgan fingerprint density at radius 1 is 1.33 bits per heavy atom. The van der Waals surface area contributed by atoms with Gasteiger partial charge in [-0.1, -0.05) is 38.1 Å². The minimum atomic E-state index is -0.326. The molecule has 0 aromatic heterocycles. The van der Waals surface area contributed by atoms with Gasteiger partial charge in [0.2, 0.25) is 0 Å². The number of amides is 1. The lowest BCUT2D eigenvalue weighted by molar-refractivity contribution is 0.141. The van der Waals surface area contributed by atoms with Crippen molar-refractivity contribution in [3.8, 4) is 0 Å². The molecule has 0 aliphatic carbocycles. The molecule has 15 heavy (non-hydrogen) atoms. The minimum absolute atomic E-state index is 0.117. The summed E-state index contributed by atoms with van der Waals surface area (Å²) in [4.78, 5) is 10.8. The number of hydrogen-bond acceptors (Lipinski definition) is 2. The Kier molecular flexibility index (Phi) is 4.16. The van der Waals surface area contributed by atoms with Gasteiger partial charge in [-0.25, -0.2) is 4.79 Å². The molecule has 3 heteroatoms. The van der Waals surface area contributed by atoms with Crippen molar-refractivity contribution in [2.75, 3.05) is 6.54 Å². The van der Waals surface area contributed by atoms with Crippen LogP contribution in [0.25, 0.3) is 0 Å². The van der Waals surface area contributed by atoms with Gasteiger partial charge in [-0.3, -0.25) is 0 Å². The van der Waals surface area contributed by atoms with E-state index >= 15 is 0 Å². The molecule has 0 bridgehead atoms. The molecule has 82 valence electrons. The first-order chi connectivity index (χ1) is 7.27. The number of hydrogen-bond donors (Lipinski definition) is 1. The second-order valence-corrected chi connectivity index (χ2v) is 3.13. The minimum Gasteiger partial charge on any atom is -0.439 e. The van der Waals surface area contributed by atoms with E-state index in [1.807, 2.05) is 45.0 Å². The number of nitrogens with one attached hydrogen (secondary N) is 1. The van der Waals surface area contributed by atoms with Crippen molar-refractivity contribution >= 4 is 6.09 Å². The highest BCUT2D eigenvalue weighted by molar-refractivity contribution is 5.69. The van der Waals surface area contributed by atoms with Gasteiger partial charge in [0.15, 0.2) is 0 Å². The maximum Gasteiger partial charge on any atom is 0.407 e. The van der Waals surface area contributed by atoms with Gasteiger partial charge in [0.05, 0.1) is 6.54 Å². The lowest BCUT2D eigenvalue weighted by atomic mass is 10.0. The summed E-state index contributed by atoms with van der Waals surface area (Å²) in [5, 5.41) is 2.63. The van der Waals surface area contributed by atoms with Gasteiger partial charge < -0.3 is 10.1 Å². The first-order valence-corrected chi connectivity index (χ1v) is 5.27. The molecular weight excluding hydrogens is 190 g/mol. The lowest BCUT2D eigenvalue weighted by Gasteiger charge is -2.10. The topological polar surface area (TPSA) is 38.3 Å². The molecule has 1 fully saturated rings. The van der Waals surface area contributed by atoms with Crippen molar-refractivity contribution < 1.29 is 9.53 Å². The summed E-state index contributed by atoms with van der Waals surface area (Å²) in [6.45, 7) is 6.59. The maximum atomic E-state index is 10.8. The van der Waals surface area contributed by atoms with Crippen LogP contribution in [0, 0.1) is 6.92 Å². The highest BCUT2D eigenvalue weighted by atomic mass is 16.6. The summed E-state index contributed by atoms with van der Waals surface area (Å²) in [6.07, 6.45) is -0.443. The van der Waals surface area contributed by atoms with E-state index in [2.05, 4.69) is 5.32 Å². The molecule has 1 N–H and O–H groups in total. The Balaban J connectivity index is 0.000000531. The van der Waals surface area contributed by atoms with Crippen LogP contribution in [0.15, 0.2) is 24.3 Å². The van der Waals surface area contributed by atoms with Gasteiger partial charge in [0.25, 0.3) is 0 Å². The van der Waals surface area contributed by atoms with Gasteiger partial charge in [-0.15, -0.1) is 0 Å². The third kappa shape index (κ3) is 2.72. The molecule has 1 saturated heterocycles. The Hall–Kier alpha value is -1.51. The van der Waals surface area contributed by atoms with Crippen LogP contribution in [0.2, 0.25) is 0 Å². The number of alkyl carbamates (subject to hydrolysis) is 1. The quantitative estimate of drug-likeness (QED) is 0.769. The fraction of sp³-hybridized carbons (Fsp3) is 0.417. The summed E-state index contributed by atoms with van der Waals surface area (Å²) in [6, 6.07) is 7.93. The zero-order chi connectivity index (χ0) is 11.3. The summed E-state index contributed by atoms with van der Waals surface area (Å²) in [5.41, 5.74) is 2.24. The van der Waals surface area contributed by atoms with Gasteiger partial charge in [0, 0.05) is 0 Å². The van der Waals surface area contributed by atoms with Crippen LogP contribution in [0.1, 0.15) is 31.1 Å². The number of benzene rings is 1. The third-order valence-electron chi connectivity index (χ3n) is 2.22. The monoisotopic (exact) mass is 207 g/mol. The normalized spacial score (nSPS) is 18.6. The number of carbonyl (C=O) groups is 1. The lowest BCUT2D eigenvalue weighted by Crippen LogP contribution is -2.12. The van der Waals surface area contributed by atoms with E-state index in [1.54, 1.807) is 0 Å². The standard InChI is InChI=1S/C10H11NO2.C2H6/c1-7-4-2-3-5-8(7)9-6-11-10(12)13-9;1-2/h2-5,9H,6H2,1H3,(H,11,12);1-2H3. The zero-order valence-electron chi connectivity index (χ0n) is 9.41. The van der Waals surface area contributed by atoms with Crippen LogP contribution in [0.4, 0.5) is 4.79 Å². The number of aryl methyl sites for hydroxylation is 1. The van der Waals surface area contributed by atoms with Crippen molar-refractivity contribution in [3.05, 3.63) is 35.4 Å². The van der Waals surface area contributed by atoms with Crippen LogP contribution < -0.4 is 5.32 Å². The predicted molar refractivity (Wildman–Crippen MR) is 59.8 cm³/mol. The highest BCUT2D eigenvalue weighted by Crippen LogP contribution is 2.23. The molecule has 2 rings (SSSR count). The average molecular weight is 207 g/mol. The Labute approximate surface area is 90.4 Å². The molecule has 1 aromatic carbocycles. The van der Waals surface area contributed by atoms with Crippen LogP contribution in [-0.2, 0) is 4.74 Å². The van der Waals surface area contributed by atoms with Crippen molar-refractivity contribution in [1.29, 1.82) is 0 Å². The van der Waals surface area contributed by atoms with Crippen molar-refractivity contribution in [3.63, 3.8) is 0 Å². The predicted octanol–water partition coefficient (Wildman–Crippen LogP) is 2.80. The van der Waals surface area contributed by atoms with Crippen molar-refractivity contribution in [2.24, 2.45) is 0 Å². The average Bonchev–Trinajstić information content (AvgIpc) is 2.68. The third-order valence-corrected chi connectivity index (χ3v) is 2.22. The van der Waals surface area contributed by atoms with Crippen LogP contribution in [0.3, 0.4) is 0 Å². The molecule has 1 aromatic rings. The molecule has 1 aliphatic rings. The molecule has 3 nitrogen and oxygen atoms in total. The molecule has 1 aliphatic heterocycles. The number of carbonyl (C=O) groups excluding carboxylic acids is 1. The number of ether oxygens (including phenoxy) is 1. The van der Waals surface area contributed by atoms with Crippen molar-refractivity contribution in [1.82, 2.24) is 5.32 Å². The maximum absolute atomic E-state index is 10.8. The van der Waals surface area contributed by atoms with Crippen molar-refractivity contribution in [2.45, 2.75) is 26.9 Å². The first kappa shape index (κ1) is 11.6. The Bertz CT molecular complexity index is 336. The molecule has 0 spiro atoms. The first-order valence-electron chi connectivity index (χ1n) is 5.27. The van der Waals surface area contributed by atoms with E-state index in [1.165, 1.54) is 0 Å². The Morgan fingerprint density at radius 2 is 2.00 bits per heavy atom. The van der Waals surface area contributed by atoms with Gasteiger partial charge in [0.1, 0.15) is 6.10 Å². The van der Waals surface area contributed by atoms with Crippen LogP contribution >= 0.6 is 0 Å². The van der Waals surface area contributed by atoms with E-state index in [-0.39, 0.29) is 12.2 Å². The van der Waals surface area contributed by atoms with E-state index < -0.39 is 0 Å². The molecule has 1 amide bonds. The molecule has 0 radical (unpaired) electrons. The fourth-order valence-electron chi connectivity index (χ4n) is 1.51. The van der Waals surface area contributed by atoms with E-state index in [4.69, 9.17) is 4.74 Å². The Morgan fingerprint density at radius 3 is 2.53 bits per heavy atom. The zero-order valence-corrected chi connectivity index (χ0v) is 9.41. The summed E-state index contributed by atoms with van der Waals surface area (Å²) >= 11 is 0. The molecule has 1 atom stereocenters. The second-order valence-electron chi connectivity index (χ2n) is 3.13. The molecule has 1 unspecified atom stereocenters. The number of cyclic esters (lactones) is 1. The fourth-order valence-corrected chi connectivity index (χ4v) is 1.51. The van der Waals surface area contributed by atoms with Gasteiger partial charge in [-0.2, -0.15) is 0 Å². The SMILES string of the molecule is CC.Cc1ccccc1C1CNC(=O)O1. The molecule has 1 heterocycles. The molecule has 0 saturated carbocycles. The van der Waals surface area contributed by atoms with Crippen LogP contribution in [-0.4, -0.2) is 12.6 Å². The van der Waals surface area contributed by atoms with E-state index in [9.17, 15) is 4.79 Å². The summed E-state index contributed by atoms with van der Waals surface area (Å²) in [5.74, 6) is 0. The largest absolute Gasteiger partial charge is 0.439 e. The van der Waals surface area contributed by atoms with E-state index in [0.717, 1.165) is 11.1 Å². The smallest absolute Gasteiger partial charge is 0.407 e.